The Morgan fingerprint density at radius 2 is 2.00 bits per heavy atom. The van der Waals surface area contributed by atoms with Gasteiger partial charge in [-0.3, -0.25) is 10.1 Å². The average molecular weight is 253 g/mol. The first-order chi connectivity index (χ1) is 8.59. The summed E-state index contributed by atoms with van der Waals surface area (Å²) >= 11 is 0. The molecule has 18 heavy (non-hydrogen) atoms. The lowest BCUT2D eigenvalue weighted by molar-refractivity contribution is -0.130. The number of nitrogens with zero attached hydrogens (tertiary/aromatic N) is 2. The largest absolute Gasteiger partial charge is 0.325 e. The molecule has 1 saturated carbocycles. The molecule has 0 aromatic carbocycles. The van der Waals surface area contributed by atoms with Gasteiger partial charge < -0.3 is 9.80 Å². The minimum Gasteiger partial charge on any atom is -0.325 e. The fourth-order valence-electron chi connectivity index (χ4n) is 3.27. The molecule has 2 atom stereocenters. The summed E-state index contributed by atoms with van der Waals surface area (Å²) in [5, 5.41) is 3.50. The molecule has 0 bridgehead atoms. The normalized spacial score (nSPS) is 29.8. The van der Waals surface area contributed by atoms with E-state index in [0.29, 0.717) is 18.0 Å². The van der Waals surface area contributed by atoms with E-state index in [1.54, 1.807) is 0 Å². The van der Waals surface area contributed by atoms with Gasteiger partial charge in [-0.15, -0.1) is 0 Å². The van der Waals surface area contributed by atoms with Gasteiger partial charge in [0.1, 0.15) is 0 Å². The maximum Gasteiger partial charge on any atom is 0.240 e. The van der Waals surface area contributed by atoms with Gasteiger partial charge in [-0.25, -0.2) is 0 Å². The Morgan fingerprint density at radius 1 is 1.33 bits per heavy atom. The number of rotatable bonds is 5. The lowest BCUT2D eigenvalue weighted by Gasteiger charge is -2.29. The van der Waals surface area contributed by atoms with Gasteiger partial charge in [0.25, 0.3) is 0 Å². The highest BCUT2D eigenvalue weighted by Crippen LogP contribution is 2.31. The Labute approximate surface area is 111 Å². The summed E-state index contributed by atoms with van der Waals surface area (Å²) in [7, 11) is 4.17. The number of nitrogens with one attached hydrogen (secondary N) is 1. The highest BCUT2D eigenvalue weighted by Gasteiger charge is 2.40. The fraction of sp³-hybridized carbons (Fsp3) is 0.929. The van der Waals surface area contributed by atoms with Crippen molar-refractivity contribution >= 4 is 5.91 Å². The predicted molar refractivity (Wildman–Crippen MR) is 73.2 cm³/mol. The molecule has 0 radical (unpaired) electrons. The van der Waals surface area contributed by atoms with Crippen molar-refractivity contribution in [3.05, 3.63) is 0 Å². The SMILES string of the molecule is CC1NC(C2CCCC2)N(CCCN(C)C)C1=O. The topological polar surface area (TPSA) is 35.6 Å². The van der Waals surface area contributed by atoms with Crippen LogP contribution < -0.4 is 5.32 Å². The number of hydrogen-bond donors (Lipinski definition) is 1. The van der Waals surface area contributed by atoms with Crippen molar-refractivity contribution in [1.29, 1.82) is 0 Å². The lowest BCUT2D eigenvalue weighted by atomic mass is 10.0. The number of hydrogen-bond acceptors (Lipinski definition) is 3. The Bertz CT molecular complexity index is 287. The summed E-state index contributed by atoms with van der Waals surface area (Å²) in [6.07, 6.45) is 6.59. The van der Waals surface area contributed by atoms with E-state index >= 15 is 0 Å². The molecule has 4 heteroatoms. The maximum atomic E-state index is 12.2. The van der Waals surface area contributed by atoms with E-state index in [0.717, 1.165) is 19.5 Å². The minimum atomic E-state index is 0.00922. The Morgan fingerprint density at radius 3 is 2.61 bits per heavy atom. The second-order valence-electron chi connectivity index (χ2n) is 6.07. The van der Waals surface area contributed by atoms with Crippen molar-refractivity contribution in [2.75, 3.05) is 27.2 Å². The minimum absolute atomic E-state index is 0.00922. The zero-order valence-electron chi connectivity index (χ0n) is 12.0. The van der Waals surface area contributed by atoms with Gasteiger partial charge in [0.05, 0.1) is 12.2 Å². The Kier molecular flexibility index (Phi) is 4.62. The quantitative estimate of drug-likeness (QED) is 0.801. The van der Waals surface area contributed by atoms with Crippen LogP contribution in [0, 0.1) is 5.92 Å². The van der Waals surface area contributed by atoms with E-state index in [1.165, 1.54) is 25.7 Å². The van der Waals surface area contributed by atoms with Crippen LogP contribution in [0.5, 0.6) is 0 Å². The van der Waals surface area contributed by atoms with Crippen LogP contribution in [-0.4, -0.2) is 55.1 Å². The van der Waals surface area contributed by atoms with Gasteiger partial charge in [0, 0.05) is 6.54 Å². The van der Waals surface area contributed by atoms with Crippen molar-refractivity contribution in [1.82, 2.24) is 15.1 Å². The highest BCUT2D eigenvalue weighted by molar-refractivity contribution is 5.83. The van der Waals surface area contributed by atoms with E-state index in [-0.39, 0.29) is 6.04 Å². The van der Waals surface area contributed by atoms with Crippen molar-refractivity contribution < 1.29 is 4.79 Å². The first-order valence-electron chi connectivity index (χ1n) is 7.31. The summed E-state index contributed by atoms with van der Waals surface area (Å²) in [4.78, 5) is 16.5. The molecule has 104 valence electrons. The molecular formula is C14H27N3O. The molecule has 1 aliphatic carbocycles. The molecule has 1 aliphatic heterocycles. The molecule has 1 saturated heterocycles. The van der Waals surface area contributed by atoms with E-state index in [9.17, 15) is 4.79 Å². The van der Waals surface area contributed by atoms with Gasteiger partial charge in [-0.05, 0) is 52.7 Å². The molecule has 2 fully saturated rings. The predicted octanol–water partition coefficient (Wildman–Crippen LogP) is 1.27. The Hall–Kier alpha value is -0.610. The number of carbonyl (C=O) groups is 1. The molecule has 0 spiro atoms. The van der Waals surface area contributed by atoms with Gasteiger partial charge in [-0.1, -0.05) is 12.8 Å². The summed E-state index contributed by atoms with van der Waals surface area (Å²) in [5.74, 6) is 0.976. The summed E-state index contributed by atoms with van der Waals surface area (Å²) in [6.45, 7) is 3.95. The van der Waals surface area contributed by atoms with Crippen molar-refractivity contribution in [3.63, 3.8) is 0 Å². The van der Waals surface area contributed by atoms with Crippen molar-refractivity contribution in [3.8, 4) is 0 Å². The van der Waals surface area contributed by atoms with Crippen molar-refractivity contribution in [2.24, 2.45) is 5.92 Å². The van der Waals surface area contributed by atoms with E-state index in [4.69, 9.17) is 0 Å². The molecule has 0 aromatic heterocycles. The smallest absolute Gasteiger partial charge is 0.240 e. The van der Waals surface area contributed by atoms with E-state index in [1.807, 2.05) is 6.92 Å². The van der Waals surface area contributed by atoms with Gasteiger partial charge in [0.15, 0.2) is 0 Å². The van der Waals surface area contributed by atoms with Gasteiger partial charge >= 0.3 is 0 Å². The molecule has 4 nitrogen and oxygen atoms in total. The van der Waals surface area contributed by atoms with Gasteiger partial charge in [-0.2, -0.15) is 0 Å². The van der Waals surface area contributed by atoms with Gasteiger partial charge in [0.2, 0.25) is 5.91 Å². The fourth-order valence-corrected chi connectivity index (χ4v) is 3.27. The van der Waals surface area contributed by atoms with E-state index in [2.05, 4.69) is 29.2 Å². The zero-order chi connectivity index (χ0) is 13.1. The lowest BCUT2D eigenvalue weighted by Crippen LogP contribution is -2.43. The van der Waals surface area contributed by atoms with Crippen molar-refractivity contribution in [2.45, 2.75) is 51.2 Å². The van der Waals surface area contributed by atoms with E-state index < -0.39 is 0 Å². The first kappa shape index (κ1) is 13.8. The maximum absolute atomic E-state index is 12.2. The summed E-state index contributed by atoms with van der Waals surface area (Å²) < 4.78 is 0. The van der Waals surface area contributed by atoms with Crippen LogP contribution in [0.3, 0.4) is 0 Å². The molecular weight excluding hydrogens is 226 g/mol. The van der Waals surface area contributed by atoms with Crippen LogP contribution in [0.2, 0.25) is 0 Å². The first-order valence-corrected chi connectivity index (χ1v) is 7.31. The third kappa shape index (κ3) is 3.04. The monoisotopic (exact) mass is 253 g/mol. The summed E-state index contributed by atoms with van der Waals surface area (Å²) in [6, 6.07) is 0.00922. The molecule has 1 N–H and O–H groups in total. The molecule has 2 rings (SSSR count). The standard InChI is InChI=1S/C14H27N3O/c1-11-14(18)17(10-6-9-16(2)3)13(15-11)12-7-4-5-8-12/h11-13,15H,4-10H2,1-3H3. The zero-order valence-corrected chi connectivity index (χ0v) is 12.0. The molecule has 0 aromatic rings. The van der Waals surface area contributed by atoms with Crippen LogP contribution >= 0.6 is 0 Å². The highest BCUT2D eigenvalue weighted by atomic mass is 16.2. The number of carbonyl (C=O) groups excluding carboxylic acids is 1. The second kappa shape index (κ2) is 6.02. The summed E-state index contributed by atoms with van der Waals surface area (Å²) in [5.41, 5.74) is 0. The molecule has 2 unspecified atom stereocenters. The van der Waals surface area contributed by atoms with Crippen LogP contribution in [0.25, 0.3) is 0 Å². The second-order valence-corrected chi connectivity index (χ2v) is 6.07. The number of amides is 1. The van der Waals surface area contributed by atoms with Crippen LogP contribution in [-0.2, 0) is 4.79 Å². The molecule has 2 aliphatic rings. The average Bonchev–Trinajstić information content (AvgIpc) is 2.91. The third-order valence-electron chi connectivity index (χ3n) is 4.26. The Balaban J connectivity index is 1.92. The van der Waals surface area contributed by atoms with Crippen LogP contribution in [0.4, 0.5) is 0 Å². The molecule has 1 amide bonds. The van der Waals surface area contributed by atoms with Crippen LogP contribution in [0.1, 0.15) is 39.0 Å². The molecule has 1 heterocycles. The van der Waals surface area contributed by atoms with Crippen LogP contribution in [0.15, 0.2) is 0 Å². The third-order valence-corrected chi connectivity index (χ3v) is 4.26.